The molecule has 3 aromatic rings. The van der Waals surface area contributed by atoms with Gasteiger partial charge in [0.2, 0.25) is 0 Å². The van der Waals surface area contributed by atoms with Gasteiger partial charge >= 0.3 is 11.9 Å². The van der Waals surface area contributed by atoms with Gasteiger partial charge in [0.15, 0.2) is 5.78 Å². The van der Waals surface area contributed by atoms with E-state index in [1.165, 1.54) is 18.4 Å². The van der Waals surface area contributed by atoms with Gasteiger partial charge in [0.05, 0.1) is 0 Å². The van der Waals surface area contributed by atoms with Crippen LogP contribution in [0.3, 0.4) is 0 Å². The third-order valence-electron chi connectivity index (χ3n) is 6.12. The number of fused-ring (bicyclic) bond motifs is 1. The molecule has 1 fully saturated rings. The zero-order chi connectivity index (χ0) is 23.8. The number of aryl methyl sites for hydroxylation is 1. The summed E-state index contributed by atoms with van der Waals surface area (Å²) in [6.07, 6.45) is 6.08. The van der Waals surface area contributed by atoms with Gasteiger partial charge < -0.3 is 14.8 Å². The first kappa shape index (κ1) is 24.2. The van der Waals surface area contributed by atoms with Crippen molar-refractivity contribution in [1.82, 2.24) is 9.47 Å². The van der Waals surface area contributed by atoms with Crippen LogP contribution in [0.4, 0.5) is 0 Å². The molecule has 2 N–H and O–H groups in total. The third kappa shape index (κ3) is 6.76. The van der Waals surface area contributed by atoms with E-state index >= 15 is 0 Å². The van der Waals surface area contributed by atoms with E-state index in [0.29, 0.717) is 18.1 Å². The number of Topliss-reactive ketones (excluding diaryl/α,β-unsaturated/α-hetero) is 1. The molecular weight excluding hydrogens is 420 g/mol. The minimum atomic E-state index is -1.82. The van der Waals surface area contributed by atoms with E-state index in [-0.39, 0.29) is 0 Å². The van der Waals surface area contributed by atoms with Crippen molar-refractivity contribution in [3.63, 3.8) is 0 Å². The normalized spacial score (nSPS) is 14.5. The van der Waals surface area contributed by atoms with E-state index in [1.807, 2.05) is 25.4 Å². The molecule has 0 aliphatic carbocycles. The lowest BCUT2D eigenvalue weighted by molar-refractivity contribution is -0.159. The second-order valence-corrected chi connectivity index (χ2v) is 8.45. The molecule has 2 heterocycles. The average Bonchev–Trinajstić information content (AvgIpc) is 3.16. The minimum Gasteiger partial charge on any atom is -0.473 e. The lowest BCUT2D eigenvalue weighted by Gasteiger charge is -2.31. The molecule has 4 rings (SSSR count). The first-order valence-electron chi connectivity index (χ1n) is 11.1. The summed E-state index contributed by atoms with van der Waals surface area (Å²) in [5, 5.41) is 15.9. The first-order valence-corrected chi connectivity index (χ1v) is 11.1. The first-order chi connectivity index (χ1) is 15.8. The molecular formula is C26H30N2O5. The van der Waals surface area contributed by atoms with Gasteiger partial charge in [-0.15, -0.1) is 0 Å². The zero-order valence-electron chi connectivity index (χ0n) is 18.8. The van der Waals surface area contributed by atoms with Crippen LogP contribution in [-0.4, -0.2) is 50.5 Å². The maximum atomic E-state index is 12.8. The molecule has 1 saturated heterocycles. The predicted molar refractivity (Wildman–Crippen MR) is 126 cm³/mol. The van der Waals surface area contributed by atoms with E-state index < -0.39 is 11.9 Å². The van der Waals surface area contributed by atoms with Crippen molar-refractivity contribution >= 4 is 28.6 Å². The second-order valence-electron chi connectivity index (χ2n) is 8.45. The smallest absolute Gasteiger partial charge is 0.414 e. The molecule has 0 bridgehead atoms. The van der Waals surface area contributed by atoms with Crippen LogP contribution in [0.1, 0.15) is 41.6 Å². The molecule has 1 aliphatic heterocycles. The van der Waals surface area contributed by atoms with Crippen LogP contribution >= 0.6 is 0 Å². The van der Waals surface area contributed by atoms with E-state index in [4.69, 9.17) is 19.8 Å². The van der Waals surface area contributed by atoms with Crippen LogP contribution in [0.2, 0.25) is 0 Å². The van der Waals surface area contributed by atoms with Crippen molar-refractivity contribution < 1.29 is 24.6 Å². The molecule has 0 saturated carbocycles. The molecule has 0 amide bonds. The van der Waals surface area contributed by atoms with Gasteiger partial charge in [-0.2, -0.15) is 0 Å². The zero-order valence-corrected chi connectivity index (χ0v) is 18.8. The number of carbonyl (C=O) groups is 3. The molecule has 7 nitrogen and oxygen atoms in total. The van der Waals surface area contributed by atoms with Gasteiger partial charge in [-0.05, 0) is 49.9 Å². The Kier molecular flexibility index (Phi) is 8.38. The number of benzene rings is 2. The second kappa shape index (κ2) is 11.4. The molecule has 0 radical (unpaired) electrons. The van der Waals surface area contributed by atoms with E-state index in [2.05, 4.69) is 51.9 Å². The Balaban J connectivity index is 0.000000454. The lowest BCUT2D eigenvalue weighted by Crippen LogP contribution is -2.33. The van der Waals surface area contributed by atoms with Gasteiger partial charge in [0, 0.05) is 42.7 Å². The van der Waals surface area contributed by atoms with Crippen molar-refractivity contribution in [2.45, 2.75) is 32.2 Å². The summed E-state index contributed by atoms with van der Waals surface area (Å²) in [7, 11) is 2.02. The summed E-state index contributed by atoms with van der Waals surface area (Å²) in [5.74, 6) is -2.68. The van der Waals surface area contributed by atoms with Crippen LogP contribution < -0.4 is 0 Å². The number of carboxylic acids is 2. The Morgan fingerprint density at radius 1 is 0.909 bits per heavy atom. The topological polar surface area (TPSA) is 99.8 Å². The van der Waals surface area contributed by atoms with E-state index in [1.54, 1.807) is 0 Å². The maximum Gasteiger partial charge on any atom is 0.414 e. The molecule has 2 aromatic carbocycles. The molecule has 1 aromatic heterocycles. The van der Waals surface area contributed by atoms with Crippen molar-refractivity contribution in [3.05, 3.63) is 71.9 Å². The van der Waals surface area contributed by atoms with Gasteiger partial charge in [0.1, 0.15) is 0 Å². The number of carbonyl (C=O) groups excluding carboxylic acids is 1. The van der Waals surface area contributed by atoms with Gasteiger partial charge in [-0.3, -0.25) is 9.69 Å². The minimum absolute atomic E-state index is 0.290. The van der Waals surface area contributed by atoms with Crippen LogP contribution in [0, 0.1) is 5.92 Å². The maximum absolute atomic E-state index is 12.8. The number of hydrogen-bond acceptors (Lipinski definition) is 4. The molecule has 7 heteroatoms. The fourth-order valence-electron chi connectivity index (χ4n) is 4.31. The Morgan fingerprint density at radius 3 is 2.15 bits per heavy atom. The fourth-order valence-corrected chi connectivity index (χ4v) is 4.31. The standard InChI is InChI=1S/C24H28N2O.C2H2O4/c1-25-18-22(21-9-5-6-10-23(21)25)24(27)12-11-19-13-15-26(16-14-19)17-20-7-3-2-4-8-20;3-1(4)2(5)6/h2-10,18-19H,11-17H2,1H3;(H,3,4)(H,5,6). The Morgan fingerprint density at radius 2 is 1.52 bits per heavy atom. The fraction of sp³-hybridized carbons (Fsp3) is 0.346. The Labute approximate surface area is 193 Å². The number of rotatable bonds is 6. The summed E-state index contributed by atoms with van der Waals surface area (Å²) in [5.41, 5.74) is 3.41. The SMILES string of the molecule is Cn1cc(C(=O)CCC2CCN(Cc3ccccc3)CC2)c2ccccc21.O=C(O)C(=O)O. The Bertz CT molecular complexity index is 1090. The number of carboxylic acid groups (broad SMARTS) is 2. The highest BCUT2D eigenvalue weighted by Gasteiger charge is 2.21. The largest absolute Gasteiger partial charge is 0.473 e. The number of piperidine rings is 1. The molecule has 174 valence electrons. The molecule has 1 aliphatic rings. The summed E-state index contributed by atoms with van der Waals surface area (Å²) >= 11 is 0. The lowest BCUT2D eigenvalue weighted by atomic mass is 9.90. The number of aromatic nitrogens is 1. The number of para-hydroxylation sites is 1. The summed E-state index contributed by atoms with van der Waals surface area (Å²) in [6.45, 7) is 3.33. The van der Waals surface area contributed by atoms with Gasteiger partial charge in [-0.1, -0.05) is 48.5 Å². The molecule has 0 unspecified atom stereocenters. The van der Waals surface area contributed by atoms with Crippen LogP contribution in [0.15, 0.2) is 60.8 Å². The summed E-state index contributed by atoms with van der Waals surface area (Å²) in [4.78, 5) is 33.5. The van der Waals surface area contributed by atoms with Crippen molar-refractivity contribution in [2.24, 2.45) is 13.0 Å². The number of hydrogen-bond donors (Lipinski definition) is 2. The highest BCUT2D eigenvalue weighted by molar-refractivity contribution is 6.27. The number of ketones is 1. The third-order valence-corrected chi connectivity index (χ3v) is 6.12. The summed E-state index contributed by atoms with van der Waals surface area (Å²) in [6, 6.07) is 18.9. The van der Waals surface area contributed by atoms with E-state index in [0.717, 1.165) is 42.5 Å². The van der Waals surface area contributed by atoms with Crippen LogP contribution in [0.25, 0.3) is 10.9 Å². The molecule has 0 atom stereocenters. The van der Waals surface area contributed by atoms with Crippen molar-refractivity contribution in [2.75, 3.05) is 13.1 Å². The number of likely N-dealkylation sites (tertiary alicyclic amines) is 1. The molecule has 0 spiro atoms. The van der Waals surface area contributed by atoms with Gasteiger partial charge in [0.25, 0.3) is 0 Å². The average molecular weight is 451 g/mol. The van der Waals surface area contributed by atoms with Crippen molar-refractivity contribution in [3.8, 4) is 0 Å². The van der Waals surface area contributed by atoms with Crippen molar-refractivity contribution in [1.29, 1.82) is 0 Å². The monoisotopic (exact) mass is 450 g/mol. The van der Waals surface area contributed by atoms with Crippen LogP contribution in [-0.2, 0) is 23.2 Å². The highest BCUT2D eigenvalue weighted by Crippen LogP contribution is 2.26. The van der Waals surface area contributed by atoms with E-state index in [9.17, 15) is 4.79 Å². The van der Waals surface area contributed by atoms with Gasteiger partial charge in [-0.25, -0.2) is 9.59 Å². The Hall–Kier alpha value is -3.45. The quantitative estimate of drug-likeness (QED) is 0.431. The number of nitrogens with zero attached hydrogens (tertiary/aromatic N) is 2. The highest BCUT2D eigenvalue weighted by atomic mass is 16.4. The van der Waals surface area contributed by atoms with Crippen LogP contribution in [0.5, 0.6) is 0 Å². The summed E-state index contributed by atoms with van der Waals surface area (Å²) < 4.78 is 2.06. The number of aliphatic carboxylic acids is 2. The predicted octanol–water partition coefficient (Wildman–Crippen LogP) is 4.21. The molecule has 33 heavy (non-hydrogen) atoms.